The first kappa shape index (κ1) is 25.2. The maximum atomic E-state index is 12.8. The van der Waals surface area contributed by atoms with Crippen molar-refractivity contribution < 1.29 is 14.3 Å². The van der Waals surface area contributed by atoms with Crippen LogP contribution in [-0.4, -0.2) is 24.2 Å². The highest BCUT2D eigenvalue weighted by atomic mass is 35.5. The Kier molecular flexibility index (Phi) is 8.54. The van der Waals surface area contributed by atoms with Crippen LogP contribution in [0.3, 0.4) is 0 Å². The number of hydrogen-bond acceptors (Lipinski definition) is 4. The molecule has 0 aromatic heterocycles. The summed E-state index contributed by atoms with van der Waals surface area (Å²) in [7, 11) is 1.52. The van der Waals surface area contributed by atoms with Crippen molar-refractivity contribution in [3.63, 3.8) is 0 Å². The van der Waals surface area contributed by atoms with E-state index in [0.717, 1.165) is 10.5 Å². The highest BCUT2D eigenvalue weighted by Crippen LogP contribution is 2.32. The van der Waals surface area contributed by atoms with Crippen molar-refractivity contribution in [1.29, 1.82) is 0 Å². The number of anilines is 2. The lowest BCUT2D eigenvalue weighted by Gasteiger charge is -2.16. The number of rotatable bonds is 7. The monoisotopic (exact) mass is 522 g/mol. The minimum atomic E-state index is -0.414. The summed E-state index contributed by atoms with van der Waals surface area (Å²) >= 11 is 19.5. The van der Waals surface area contributed by atoms with E-state index in [9.17, 15) is 9.59 Å². The highest BCUT2D eigenvalue weighted by molar-refractivity contribution is 8.00. The zero-order valence-electron chi connectivity index (χ0n) is 18.0. The smallest absolute Gasteiger partial charge is 0.257 e. The number of amides is 2. The number of halogens is 3. The topological polar surface area (TPSA) is 67.4 Å². The molecule has 172 valence electrons. The molecule has 2 amide bonds. The molecule has 5 nitrogen and oxygen atoms in total. The quantitative estimate of drug-likeness (QED) is 0.318. The number of hydrogen-bond donors (Lipinski definition) is 2. The predicted molar refractivity (Wildman–Crippen MR) is 138 cm³/mol. The van der Waals surface area contributed by atoms with E-state index < -0.39 is 5.25 Å². The van der Waals surface area contributed by atoms with Gasteiger partial charge in [-0.1, -0.05) is 40.9 Å². The molecule has 1 unspecified atom stereocenters. The summed E-state index contributed by atoms with van der Waals surface area (Å²) in [5.41, 5.74) is 2.28. The fourth-order valence-electron chi connectivity index (χ4n) is 2.94. The molecule has 3 aromatic carbocycles. The Balaban J connectivity index is 1.68. The largest absolute Gasteiger partial charge is 0.495 e. The Bertz CT molecular complexity index is 1200. The Morgan fingerprint density at radius 1 is 0.970 bits per heavy atom. The van der Waals surface area contributed by atoms with Gasteiger partial charge < -0.3 is 15.4 Å². The minimum absolute atomic E-state index is 0.192. The van der Waals surface area contributed by atoms with Crippen molar-refractivity contribution in [3.8, 4) is 5.75 Å². The van der Waals surface area contributed by atoms with E-state index in [1.807, 2.05) is 13.0 Å². The molecule has 33 heavy (non-hydrogen) atoms. The van der Waals surface area contributed by atoms with Crippen molar-refractivity contribution in [1.82, 2.24) is 0 Å². The maximum Gasteiger partial charge on any atom is 0.257 e. The van der Waals surface area contributed by atoms with Gasteiger partial charge in [-0.25, -0.2) is 0 Å². The van der Waals surface area contributed by atoms with Gasteiger partial charge in [0, 0.05) is 26.7 Å². The van der Waals surface area contributed by atoms with Crippen LogP contribution in [0.15, 0.2) is 59.5 Å². The van der Waals surface area contributed by atoms with Crippen LogP contribution >= 0.6 is 46.6 Å². The van der Waals surface area contributed by atoms with Gasteiger partial charge in [-0.3, -0.25) is 9.59 Å². The summed E-state index contributed by atoms with van der Waals surface area (Å²) < 4.78 is 5.32. The number of thioether (sulfide) groups is 1. The molecule has 0 bridgehead atoms. The van der Waals surface area contributed by atoms with Gasteiger partial charge in [-0.15, -0.1) is 11.8 Å². The molecule has 0 aliphatic carbocycles. The number of ether oxygens (including phenoxy) is 1. The first-order chi connectivity index (χ1) is 15.7. The zero-order chi connectivity index (χ0) is 24.1. The third-order valence-electron chi connectivity index (χ3n) is 4.69. The first-order valence-corrected chi connectivity index (χ1v) is 11.9. The molecule has 0 spiro atoms. The van der Waals surface area contributed by atoms with Gasteiger partial charge in [-0.05, 0) is 61.9 Å². The lowest BCUT2D eigenvalue weighted by molar-refractivity contribution is -0.115. The van der Waals surface area contributed by atoms with Crippen molar-refractivity contribution in [2.45, 2.75) is 24.0 Å². The fourth-order valence-corrected chi connectivity index (χ4v) is 4.52. The molecule has 0 heterocycles. The van der Waals surface area contributed by atoms with Crippen LogP contribution < -0.4 is 15.4 Å². The zero-order valence-corrected chi connectivity index (χ0v) is 21.1. The molecule has 0 saturated carbocycles. The van der Waals surface area contributed by atoms with Crippen LogP contribution in [0.4, 0.5) is 11.4 Å². The second kappa shape index (κ2) is 11.2. The lowest BCUT2D eigenvalue weighted by Crippen LogP contribution is -2.22. The van der Waals surface area contributed by atoms with Crippen molar-refractivity contribution >= 4 is 69.8 Å². The van der Waals surface area contributed by atoms with Crippen LogP contribution in [0.2, 0.25) is 15.1 Å². The summed E-state index contributed by atoms with van der Waals surface area (Å²) in [6.45, 7) is 3.65. The average molecular weight is 524 g/mol. The lowest BCUT2D eigenvalue weighted by atomic mass is 10.2. The number of carbonyl (C=O) groups is 2. The maximum absolute atomic E-state index is 12.8. The molecule has 0 radical (unpaired) electrons. The van der Waals surface area contributed by atoms with E-state index in [4.69, 9.17) is 39.5 Å². The van der Waals surface area contributed by atoms with Gasteiger partial charge in [0.1, 0.15) is 5.75 Å². The van der Waals surface area contributed by atoms with E-state index in [-0.39, 0.29) is 16.8 Å². The van der Waals surface area contributed by atoms with Gasteiger partial charge >= 0.3 is 0 Å². The van der Waals surface area contributed by atoms with Crippen LogP contribution in [-0.2, 0) is 4.79 Å². The van der Waals surface area contributed by atoms with E-state index in [1.165, 1.54) is 24.9 Å². The summed E-state index contributed by atoms with van der Waals surface area (Å²) in [6, 6.07) is 15.4. The Morgan fingerprint density at radius 2 is 1.73 bits per heavy atom. The van der Waals surface area contributed by atoms with Crippen molar-refractivity contribution in [2.24, 2.45) is 0 Å². The molecule has 0 fully saturated rings. The van der Waals surface area contributed by atoms with E-state index >= 15 is 0 Å². The molecule has 0 saturated heterocycles. The molecule has 0 aliphatic heterocycles. The molecular weight excluding hydrogens is 503 g/mol. The first-order valence-electron chi connectivity index (χ1n) is 9.86. The average Bonchev–Trinajstić information content (AvgIpc) is 2.76. The molecule has 1 atom stereocenters. The molecule has 9 heteroatoms. The standard InChI is InChI=1S/C24H21Cl3N2O3S/c1-13-9-21(22(32-3)12-19(13)26)29-23(30)14(2)33-17-6-4-5-16(11-17)28-24(31)18-8-7-15(25)10-20(18)27/h4-12,14H,1-3H3,(H,28,31)(H,29,30). The molecule has 2 N–H and O–H groups in total. The predicted octanol–water partition coefficient (Wildman–Crippen LogP) is 7.34. The third-order valence-corrected chi connectivity index (χ3v) is 6.74. The van der Waals surface area contributed by atoms with Crippen molar-refractivity contribution in [3.05, 3.63) is 80.8 Å². The molecule has 3 rings (SSSR count). The summed E-state index contributed by atoms with van der Waals surface area (Å²) in [6.07, 6.45) is 0. The van der Waals surface area contributed by atoms with Crippen LogP contribution in [0.1, 0.15) is 22.8 Å². The van der Waals surface area contributed by atoms with E-state index in [1.54, 1.807) is 49.4 Å². The van der Waals surface area contributed by atoms with Gasteiger partial charge in [0.2, 0.25) is 5.91 Å². The Hall–Kier alpha value is -2.38. The summed E-state index contributed by atoms with van der Waals surface area (Å²) in [4.78, 5) is 26.2. The van der Waals surface area contributed by atoms with Gasteiger partial charge in [-0.2, -0.15) is 0 Å². The molecule has 0 aliphatic rings. The van der Waals surface area contributed by atoms with E-state index in [2.05, 4.69) is 10.6 Å². The second-order valence-corrected chi connectivity index (χ2v) is 9.82. The molecular formula is C24H21Cl3N2O3S. The second-order valence-electron chi connectivity index (χ2n) is 7.16. The third kappa shape index (κ3) is 6.58. The normalized spacial score (nSPS) is 11.6. The van der Waals surface area contributed by atoms with E-state index in [0.29, 0.717) is 32.7 Å². The minimum Gasteiger partial charge on any atom is -0.495 e. The van der Waals surface area contributed by atoms with Crippen molar-refractivity contribution in [2.75, 3.05) is 17.7 Å². The summed E-state index contributed by atoms with van der Waals surface area (Å²) in [5, 5.41) is 6.57. The van der Waals surface area contributed by atoms with Crippen LogP contribution in [0, 0.1) is 6.92 Å². The number of aryl methyl sites for hydroxylation is 1. The number of carbonyl (C=O) groups excluding carboxylic acids is 2. The molecule has 3 aromatic rings. The highest BCUT2D eigenvalue weighted by Gasteiger charge is 2.18. The number of benzene rings is 3. The SMILES string of the molecule is COc1cc(Cl)c(C)cc1NC(=O)C(C)Sc1cccc(NC(=O)c2ccc(Cl)cc2Cl)c1. The van der Waals surface area contributed by atoms with Crippen LogP contribution in [0.25, 0.3) is 0 Å². The number of nitrogens with one attached hydrogen (secondary N) is 2. The Morgan fingerprint density at radius 3 is 2.42 bits per heavy atom. The van der Waals surface area contributed by atoms with Gasteiger partial charge in [0.15, 0.2) is 0 Å². The van der Waals surface area contributed by atoms with Crippen LogP contribution in [0.5, 0.6) is 5.75 Å². The number of methoxy groups -OCH3 is 1. The van der Waals surface area contributed by atoms with Gasteiger partial charge in [0.05, 0.1) is 28.6 Å². The Labute approximate surface area is 211 Å². The van der Waals surface area contributed by atoms with Gasteiger partial charge in [0.25, 0.3) is 5.91 Å². The summed E-state index contributed by atoms with van der Waals surface area (Å²) in [5.74, 6) is -0.0565. The fraction of sp³-hybridized carbons (Fsp3) is 0.167.